The summed E-state index contributed by atoms with van der Waals surface area (Å²) in [5, 5.41) is 3.53. The Bertz CT molecular complexity index is 666. The number of esters is 1. The van der Waals surface area contributed by atoms with Gasteiger partial charge in [0.05, 0.1) is 13.2 Å². The lowest BCUT2D eigenvalue weighted by Gasteiger charge is -2.20. The van der Waals surface area contributed by atoms with Crippen LogP contribution in [0.25, 0.3) is 0 Å². The summed E-state index contributed by atoms with van der Waals surface area (Å²) in [6, 6.07) is 18.3. The number of rotatable bonds is 10. The first-order valence-corrected chi connectivity index (χ1v) is 8.72. The molecule has 0 spiro atoms. The van der Waals surface area contributed by atoms with Gasteiger partial charge in [0.25, 0.3) is 0 Å². The van der Waals surface area contributed by atoms with E-state index in [4.69, 9.17) is 9.47 Å². The molecule has 7 heteroatoms. The number of halogens is 1. The van der Waals surface area contributed by atoms with E-state index >= 15 is 0 Å². The minimum absolute atomic E-state index is 0. The van der Waals surface area contributed by atoms with E-state index in [1.54, 1.807) is 7.11 Å². The van der Waals surface area contributed by atoms with E-state index in [1.165, 1.54) is 18.2 Å². The first-order valence-electron chi connectivity index (χ1n) is 8.72. The van der Waals surface area contributed by atoms with Gasteiger partial charge >= 0.3 is 5.97 Å². The number of carbonyl (C=O) groups is 1. The standard InChI is InChI=1S/C21H27NO4.ClH.H2O/c1-16(22-14-20(24-2)18-7-5-4-6-8-18)13-17-9-11-19(12-10-17)26-15-21(23)25-3;;/h4-12,16,20,22H,13-15H2,1-3H3;1H;1H2. The average molecular weight is 412 g/mol. The fraction of sp³-hybridized carbons (Fsp3) is 0.381. The molecule has 6 nitrogen and oxygen atoms in total. The second-order valence-corrected chi connectivity index (χ2v) is 6.16. The molecule has 2 rings (SSSR count). The third-order valence-electron chi connectivity index (χ3n) is 4.16. The average Bonchev–Trinajstić information content (AvgIpc) is 2.68. The molecule has 0 saturated heterocycles. The van der Waals surface area contributed by atoms with Crippen molar-refractivity contribution < 1.29 is 24.5 Å². The van der Waals surface area contributed by atoms with Gasteiger partial charge < -0.3 is 25.0 Å². The van der Waals surface area contributed by atoms with Crippen LogP contribution in [0.1, 0.15) is 24.2 Å². The highest BCUT2D eigenvalue weighted by atomic mass is 35.5. The van der Waals surface area contributed by atoms with E-state index in [-0.39, 0.29) is 30.6 Å². The van der Waals surface area contributed by atoms with Crippen molar-refractivity contribution in [3.8, 4) is 5.75 Å². The highest BCUT2D eigenvalue weighted by Crippen LogP contribution is 2.16. The number of benzene rings is 2. The van der Waals surface area contributed by atoms with Gasteiger partial charge in [-0.05, 0) is 36.6 Å². The fourth-order valence-corrected chi connectivity index (χ4v) is 2.66. The van der Waals surface area contributed by atoms with Gasteiger partial charge in [0.1, 0.15) is 5.75 Å². The van der Waals surface area contributed by atoms with Gasteiger partial charge in [-0.15, -0.1) is 12.4 Å². The van der Waals surface area contributed by atoms with Crippen molar-refractivity contribution in [1.29, 1.82) is 0 Å². The minimum atomic E-state index is -0.391. The lowest BCUT2D eigenvalue weighted by atomic mass is 10.1. The van der Waals surface area contributed by atoms with Crippen molar-refractivity contribution in [3.05, 3.63) is 65.7 Å². The maximum Gasteiger partial charge on any atom is 0.343 e. The summed E-state index contributed by atoms with van der Waals surface area (Å²) in [5.41, 5.74) is 2.37. The highest BCUT2D eigenvalue weighted by Gasteiger charge is 2.12. The molecule has 2 aromatic rings. The number of hydrogen-bond donors (Lipinski definition) is 1. The minimum Gasteiger partial charge on any atom is -0.482 e. The molecule has 156 valence electrons. The van der Waals surface area contributed by atoms with Crippen molar-refractivity contribution in [2.45, 2.75) is 25.5 Å². The van der Waals surface area contributed by atoms with Crippen LogP contribution in [0.5, 0.6) is 5.75 Å². The van der Waals surface area contributed by atoms with Crippen molar-refractivity contribution in [1.82, 2.24) is 5.32 Å². The highest BCUT2D eigenvalue weighted by molar-refractivity contribution is 5.85. The van der Waals surface area contributed by atoms with Crippen LogP contribution >= 0.6 is 12.4 Å². The summed E-state index contributed by atoms with van der Waals surface area (Å²) in [5.74, 6) is 0.265. The number of nitrogens with one attached hydrogen (secondary N) is 1. The summed E-state index contributed by atoms with van der Waals surface area (Å²) >= 11 is 0. The van der Waals surface area contributed by atoms with Crippen LogP contribution in [0.15, 0.2) is 54.6 Å². The third kappa shape index (κ3) is 8.71. The maximum atomic E-state index is 11.1. The Kier molecular flexibility index (Phi) is 12.9. The maximum absolute atomic E-state index is 11.1. The van der Waals surface area contributed by atoms with E-state index in [1.807, 2.05) is 42.5 Å². The monoisotopic (exact) mass is 411 g/mol. The van der Waals surface area contributed by atoms with E-state index in [9.17, 15) is 4.79 Å². The molecule has 0 radical (unpaired) electrons. The number of ether oxygens (including phenoxy) is 3. The molecule has 28 heavy (non-hydrogen) atoms. The van der Waals surface area contributed by atoms with E-state index in [2.05, 4.69) is 29.1 Å². The summed E-state index contributed by atoms with van der Waals surface area (Å²) in [4.78, 5) is 11.1. The molecule has 0 amide bonds. The lowest BCUT2D eigenvalue weighted by molar-refractivity contribution is -0.142. The van der Waals surface area contributed by atoms with E-state index in [0.717, 1.165) is 13.0 Å². The Balaban J connectivity index is 0.00000364. The molecule has 0 heterocycles. The smallest absolute Gasteiger partial charge is 0.343 e. The summed E-state index contributed by atoms with van der Waals surface area (Å²) in [6.45, 7) is 2.83. The van der Waals surface area contributed by atoms with Crippen LogP contribution < -0.4 is 10.1 Å². The van der Waals surface area contributed by atoms with Crippen LogP contribution in [-0.2, 0) is 20.7 Å². The van der Waals surface area contributed by atoms with Gasteiger partial charge in [-0.2, -0.15) is 0 Å². The molecule has 0 aliphatic rings. The Labute approximate surface area is 172 Å². The number of carbonyl (C=O) groups excluding carboxylic acids is 1. The molecule has 2 aromatic carbocycles. The van der Waals surface area contributed by atoms with Crippen molar-refractivity contribution in [2.24, 2.45) is 0 Å². The fourth-order valence-electron chi connectivity index (χ4n) is 2.66. The van der Waals surface area contributed by atoms with E-state index < -0.39 is 5.97 Å². The van der Waals surface area contributed by atoms with Gasteiger partial charge in [-0.3, -0.25) is 0 Å². The topological polar surface area (TPSA) is 88.3 Å². The Morgan fingerprint density at radius 3 is 2.25 bits per heavy atom. The van der Waals surface area contributed by atoms with Gasteiger partial charge in [0.15, 0.2) is 6.61 Å². The molecule has 0 aromatic heterocycles. The van der Waals surface area contributed by atoms with Gasteiger partial charge in [-0.25, -0.2) is 4.79 Å². The summed E-state index contributed by atoms with van der Waals surface area (Å²) in [6.07, 6.45) is 0.926. The number of methoxy groups -OCH3 is 2. The molecular formula is C21H30ClNO5. The Hall–Kier alpha value is -2.12. The summed E-state index contributed by atoms with van der Waals surface area (Å²) in [7, 11) is 3.08. The zero-order chi connectivity index (χ0) is 18.8. The molecule has 0 bridgehead atoms. The third-order valence-corrected chi connectivity index (χ3v) is 4.16. The van der Waals surface area contributed by atoms with Crippen LogP contribution in [0, 0.1) is 0 Å². The van der Waals surface area contributed by atoms with Crippen LogP contribution in [0.2, 0.25) is 0 Å². The van der Waals surface area contributed by atoms with Crippen molar-refractivity contribution in [2.75, 3.05) is 27.4 Å². The van der Waals surface area contributed by atoms with Gasteiger partial charge in [-0.1, -0.05) is 42.5 Å². The molecule has 0 fully saturated rings. The number of hydrogen-bond acceptors (Lipinski definition) is 5. The van der Waals surface area contributed by atoms with Crippen LogP contribution in [-0.4, -0.2) is 44.9 Å². The predicted octanol–water partition coefficient (Wildman–Crippen LogP) is 2.74. The SMILES string of the molecule is COC(=O)COc1ccc(CC(C)NCC(OC)c2ccccc2)cc1.Cl.O. The first kappa shape index (κ1) is 25.9. The van der Waals surface area contributed by atoms with Crippen LogP contribution in [0.4, 0.5) is 0 Å². The normalized spacial score (nSPS) is 12.1. The molecule has 0 aliphatic heterocycles. The molecule has 0 aliphatic carbocycles. The largest absolute Gasteiger partial charge is 0.482 e. The molecule has 2 unspecified atom stereocenters. The van der Waals surface area contributed by atoms with Crippen molar-refractivity contribution in [3.63, 3.8) is 0 Å². The van der Waals surface area contributed by atoms with Crippen molar-refractivity contribution >= 4 is 18.4 Å². The quantitative estimate of drug-likeness (QED) is 0.607. The molecule has 2 atom stereocenters. The molecule has 3 N–H and O–H groups in total. The lowest BCUT2D eigenvalue weighted by Crippen LogP contribution is -2.32. The predicted molar refractivity (Wildman–Crippen MR) is 112 cm³/mol. The van der Waals surface area contributed by atoms with E-state index in [0.29, 0.717) is 11.8 Å². The van der Waals surface area contributed by atoms with Gasteiger partial charge in [0.2, 0.25) is 0 Å². The second kappa shape index (κ2) is 14.0. The zero-order valence-electron chi connectivity index (χ0n) is 16.5. The Morgan fingerprint density at radius 2 is 1.68 bits per heavy atom. The first-order chi connectivity index (χ1) is 12.6. The molecule has 0 saturated carbocycles. The molecular weight excluding hydrogens is 382 g/mol. The van der Waals surface area contributed by atoms with Crippen LogP contribution in [0.3, 0.4) is 0 Å². The summed E-state index contributed by atoms with van der Waals surface area (Å²) < 4.78 is 15.5. The van der Waals surface area contributed by atoms with Gasteiger partial charge in [0, 0.05) is 19.7 Å². The second-order valence-electron chi connectivity index (χ2n) is 6.16. The zero-order valence-corrected chi connectivity index (χ0v) is 17.3. The Morgan fingerprint density at radius 1 is 1.04 bits per heavy atom.